The minimum atomic E-state index is -0.430. The van der Waals surface area contributed by atoms with Crippen LogP contribution in [0.4, 0.5) is 4.39 Å². The fraction of sp³-hybridized carbons (Fsp3) is 0.500. The molecule has 1 atom stereocenters. The number of carbonyl (C=O) groups excluding carboxylic acids is 2. The molecule has 2 amide bonds. The number of carbonyl (C=O) groups is 2. The molecule has 1 saturated heterocycles. The van der Waals surface area contributed by atoms with E-state index in [1.807, 2.05) is 0 Å². The summed E-state index contributed by atoms with van der Waals surface area (Å²) in [4.78, 5) is 23.6. The van der Waals surface area contributed by atoms with Crippen LogP contribution in [-0.4, -0.2) is 38.0 Å². The maximum atomic E-state index is 13.0. The third kappa shape index (κ3) is 6.54. The number of hydrogen-bond acceptors (Lipinski definition) is 3. The lowest BCUT2D eigenvalue weighted by Crippen LogP contribution is -2.41. The minimum Gasteiger partial charge on any atom is -0.356 e. The van der Waals surface area contributed by atoms with Crippen molar-refractivity contribution >= 4 is 24.2 Å². The standard InChI is InChI=1S/C16H22FN3O2.ClH/c17-14-6-1-4-12(10-14)15(21)19-8-3-9-20-16(22)13-5-2-7-18-11-13;/h1,4,6,10,13,18H,2-3,5,7-9,11H2,(H,19,21)(H,20,22);1H. The Kier molecular flexibility index (Phi) is 8.58. The van der Waals surface area contributed by atoms with Crippen LogP contribution >= 0.6 is 12.4 Å². The second-order valence-corrected chi connectivity index (χ2v) is 5.45. The summed E-state index contributed by atoms with van der Waals surface area (Å²) in [6.45, 7) is 2.69. The van der Waals surface area contributed by atoms with E-state index in [1.165, 1.54) is 18.2 Å². The Bertz CT molecular complexity index is 522. The van der Waals surface area contributed by atoms with Gasteiger partial charge < -0.3 is 16.0 Å². The first-order chi connectivity index (χ1) is 10.7. The van der Waals surface area contributed by atoms with E-state index in [0.717, 1.165) is 25.9 Å². The zero-order valence-electron chi connectivity index (χ0n) is 12.9. The third-order valence-electron chi connectivity index (χ3n) is 3.69. The average Bonchev–Trinajstić information content (AvgIpc) is 2.55. The Balaban J connectivity index is 0.00000264. The van der Waals surface area contributed by atoms with Gasteiger partial charge in [0.05, 0.1) is 5.92 Å². The number of rotatable bonds is 6. The predicted molar refractivity (Wildman–Crippen MR) is 89.2 cm³/mol. The van der Waals surface area contributed by atoms with Gasteiger partial charge in [0.2, 0.25) is 5.91 Å². The second-order valence-electron chi connectivity index (χ2n) is 5.45. The number of halogens is 2. The summed E-state index contributed by atoms with van der Waals surface area (Å²) in [6.07, 6.45) is 2.60. The van der Waals surface area contributed by atoms with E-state index >= 15 is 0 Å². The molecule has 1 heterocycles. The quantitative estimate of drug-likeness (QED) is 0.685. The highest BCUT2D eigenvalue weighted by Crippen LogP contribution is 2.09. The molecule has 1 unspecified atom stereocenters. The summed E-state index contributed by atoms with van der Waals surface area (Å²) in [7, 11) is 0. The fourth-order valence-corrected chi connectivity index (χ4v) is 2.45. The van der Waals surface area contributed by atoms with E-state index in [2.05, 4.69) is 16.0 Å². The molecule has 5 nitrogen and oxygen atoms in total. The molecule has 23 heavy (non-hydrogen) atoms. The Labute approximate surface area is 141 Å². The van der Waals surface area contributed by atoms with Gasteiger partial charge in [0.15, 0.2) is 0 Å². The Morgan fingerprint density at radius 1 is 1.26 bits per heavy atom. The van der Waals surface area contributed by atoms with Gasteiger partial charge in [0.1, 0.15) is 5.82 Å². The number of nitrogens with one attached hydrogen (secondary N) is 3. The van der Waals surface area contributed by atoms with Crippen molar-refractivity contribution in [3.05, 3.63) is 35.6 Å². The van der Waals surface area contributed by atoms with Crippen LogP contribution in [0.1, 0.15) is 29.6 Å². The van der Waals surface area contributed by atoms with Gasteiger partial charge in [-0.25, -0.2) is 4.39 Å². The smallest absolute Gasteiger partial charge is 0.251 e. The molecule has 0 bridgehead atoms. The Morgan fingerprint density at radius 2 is 2.04 bits per heavy atom. The molecule has 0 aliphatic carbocycles. The fourth-order valence-electron chi connectivity index (χ4n) is 2.45. The van der Waals surface area contributed by atoms with Crippen molar-refractivity contribution in [3.8, 4) is 0 Å². The van der Waals surface area contributed by atoms with Crippen molar-refractivity contribution < 1.29 is 14.0 Å². The van der Waals surface area contributed by atoms with Crippen LogP contribution in [0.15, 0.2) is 24.3 Å². The molecule has 2 rings (SSSR count). The van der Waals surface area contributed by atoms with Crippen molar-refractivity contribution in [1.29, 1.82) is 0 Å². The van der Waals surface area contributed by atoms with Crippen LogP contribution in [0.2, 0.25) is 0 Å². The molecule has 0 aromatic heterocycles. The van der Waals surface area contributed by atoms with Crippen molar-refractivity contribution in [1.82, 2.24) is 16.0 Å². The van der Waals surface area contributed by atoms with Crippen LogP contribution in [-0.2, 0) is 4.79 Å². The van der Waals surface area contributed by atoms with Crippen LogP contribution < -0.4 is 16.0 Å². The summed E-state index contributed by atoms with van der Waals surface area (Å²) < 4.78 is 13.0. The van der Waals surface area contributed by atoms with Gasteiger partial charge in [-0.15, -0.1) is 12.4 Å². The summed E-state index contributed by atoms with van der Waals surface area (Å²) >= 11 is 0. The lowest BCUT2D eigenvalue weighted by atomic mass is 9.99. The predicted octanol–water partition coefficient (Wildman–Crippen LogP) is 1.48. The maximum Gasteiger partial charge on any atom is 0.251 e. The molecule has 1 aromatic rings. The zero-order valence-corrected chi connectivity index (χ0v) is 13.8. The number of hydrogen-bond donors (Lipinski definition) is 3. The Morgan fingerprint density at radius 3 is 2.74 bits per heavy atom. The first kappa shape index (κ1) is 19.4. The highest BCUT2D eigenvalue weighted by atomic mass is 35.5. The molecule has 0 saturated carbocycles. The molecule has 128 valence electrons. The van der Waals surface area contributed by atoms with Gasteiger partial charge >= 0.3 is 0 Å². The monoisotopic (exact) mass is 343 g/mol. The molecule has 1 aliphatic rings. The topological polar surface area (TPSA) is 70.2 Å². The highest BCUT2D eigenvalue weighted by Gasteiger charge is 2.20. The van der Waals surface area contributed by atoms with E-state index in [-0.39, 0.29) is 30.1 Å². The Hall–Kier alpha value is -1.66. The van der Waals surface area contributed by atoms with E-state index < -0.39 is 5.82 Å². The summed E-state index contributed by atoms with van der Waals surface area (Å²) in [5.41, 5.74) is 0.303. The molecular weight excluding hydrogens is 321 g/mol. The molecule has 1 fully saturated rings. The lowest BCUT2D eigenvalue weighted by Gasteiger charge is -2.21. The summed E-state index contributed by atoms with van der Waals surface area (Å²) in [6, 6.07) is 5.57. The number of amides is 2. The molecule has 7 heteroatoms. The molecule has 1 aliphatic heterocycles. The van der Waals surface area contributed by atoms with Crippen molar-refractivity contribution in [2.24, 2.45) is 5.92 Å². The molecule has 0 spiro atoms. The SMILES string of the molecule is Cl.O=C(NCCCNC(=O)C1CCCNC1)c1cccc(F)c1. The van der Waals surface area contributed by atoms with E-state index in [1.54, 1.807) is 6.07 Å². The third-order valence-corrected chi connectivity index (χ3v) is 3.69. The van der Waals surface area contributed by atoms with Crippen LogP contribution in [0, 0.1) is 11.7 Å². The highest BCUT2D eigenvalue weighted by molar-refractivity contribution is 5.94. The van der Waals surface area contributed by atoms with E-state index in [0.29, 0.717) is 25.1 Å². The largest absolute Gasteiger partial charge is 0.356 e. The second kappa shape index (κ2) is 10.2. The van der Waals surface area contributed by atoms with Crippen LogP contribution in [0.3, 0.4) is 0 Å². The van der Waals surface area contributed by atoms with Gasteiger partial charge in [-0.2, -0.15) is 0 Å². The van der Waals surface area contributed by atoms with E-state index in [4.69, 9.17) is 0 Å². The van der Waals surface area contributed by atoms with Gasteiger partial charge in [0.25, 0.3) is 5.91 Å². The van der Waals surface area contributed by atoms with Crippen molar-refractivity contribution in [2.45, 2.75) is 19.3 Å². The average molecular weight is 344 g/mol. The summed E-state index contributed by atoms with van der Waals surface area (Å²) in [5.74, 6) is -0.609. The minimum absolute atomic E-state index is 0. The summed E-state index contributed by atoms with van der Waals surface area (Å²) in [5, 5.41) is 8.80. The maximum absolute atomic E-state index is 13.0. The van der Waals surface area contributed by atoms with Gasteiger partial charge in [0, 0.05) is 25.2 Å². The molecule has 0 radical (unpaired) electrons. The molecule has 1 aromatic carbocycles. The van der Waals surface area contributed by atoms with Crippen molar-refractivity contribution in [2.75, 3.05) is 26.2 Å². The van der Waals surface area contributed by atoms with Crippen LogP contribution in [0.5, 0.6) is 0 Å². The zero-order chi connectivity index (χ0) is 15.8. The normalized spacial score (nSPS) is 17.0. The van der Waals surface area contributed by atoms with Crippen molar-refractivity contribution in [3.63, 3.8) is 0 Å². The van der Waals surface area contributed by atoms with Gasteiger partial charge in [-0.1, -0.05) is 6.07 Å². The van der Waals surface area contributed by atoms with Gasteiger partial charge in [-0.05, 0) is 44.0 Å². The van der Waals surface area contributed by atoms with E-state index in [9.17, 15) is 14.0 Å². The lowest BCUT2D eigenvalue weighted by molar-refractivity contribution is -0.125. The molecular formula is C16H23ClFN3O2. The van der Waals surface area contributed by atoms with Gasteiger partial charge in [-0.3, -0.25) is 9.59 Å². The number of piperidine rings is 1. The first-order valence-electron chi connectivity index (χ1n) is 7.69. The van der Waals surface area contributed by atoms with Crippen LogP contribution in [0.25, 0.3) is 0 Å². The number of benzene rings is 1. The first-order valence-corrected chi connectivity index (χ1v) is 7.69. The molecule has 3 N–H and O–H groups in total.